The molecule has 6 nitrogen and oxygen atoms in total. The summed E-state index contributed by atoms with van der Waals surface area (Å²) in [6.07, 6.45) is 1.01. The summed E-state index contributed by atoms with van der Waals surface area (Å²) in [7, 11) is 4.30. The SMILES string of the molecule is COc1c(F)cc(F)cc1CN1CCN(C2(C(=O)N(C)Cc3cc(F)cc(F)c3OC)Cc3ccccc3C2)CC1. The number of likely N-dealkylation sites (N-methyl/N-ethyl adjacent to an activating group) is 1. The Morgan fingerprint density at radius 3 is 1.88 bits per heavy atom. The monoisotopic (exact) mass is 571 g/mol. The van der Waals surface area contributed by atoms with Gasteiger partial charge >= 0.3 is 0 Å². The minimum Gasteiger partial charge on any atom is -0.493 e. The van der Waals surface area contributed by atoms with Crippen LogP contribution in [0.4, 0.5) is 17.6 Å². The number of methoxy groups -OCH3 is 2. The maximum Gasteiger partial charge on any atom is 0.243 e. The highest BCUT2D eigenvalue weighted by atomic mass is 19.1. The van der Waals surface area contributed by atoms with Gasteiger partial charge in [0.15, 0.2) is 23.1 Å². The maximum absolute atomic E-state index is 14.4. The Kier molecular flexibility index (Phi) is 8.24. The topological polar surface area (TPSA) is 45.2 Å². The third-order valence-corrected chi connectivity index (χ3v) is 8.19. The van der Waals surface area contributed by atoms with E-state index in [1.807, 2.05) is 24.3 Å². The average molecular weight is 572 g/mol. The van der Waals surface area contributed by atoms with Crippen molar-refractivity contribution in [3.8, 4) is 11.5 Å². The van der Waals surface area contributed by atoms with E-state index in [2.05, 4.69) is 9.80 Å². The molecule has 0 unspecified atom stereocenters. The van der Waals surface area contributed by atoms with Crippen LogP contribution in [0.15, 0.2) is 48.5 Å². The molecule has 0 atom stereocenters. The molecule has 1 heterocycles. The zero-order valence-electron chi connectivity index (χ0n) is 23.4. The lowest BCUT2D eigenvalue weighted by molar-refractivity contribution is -0.145. The molecule has 10 heteroatoms. The molecule has 5 rings (SSSR count). The first kappa shape index (κ1) is 28.9. The number of carbonyl (C=O) groups excluding carboxylic acids is 1. The standard InChI is InChI=1S/C31H33F4N3O3/c1-36(18-22-12-24(32)14-26(34)28(22)40-2)30(39)31(16-20-6-4-5-7-21(20)17-31)38-10-8-37(9-11-38)19-23-13-25(33)15-27(35)29(23)41-3/h4-7,12-15H,8-11,16-19H2,1-3H3. The van der Waals surface area contributed by atoms with E-state index in [1.54, 1.807) is 7.05 Å². The van der Waals surface area contributed by atoms with Crippen molar-refractivity contribution in [1.82, 2.24) is 14.7 Å². The van der Waals surface area contributed by atoms with Crippen LogP contribution in [0.5, 0.6) is 11.5 Å². The van der Waals surface area contributed by atoms with Crippen molar-refractivity contribution in [2.45, 2.75) is 31.5 Å². The summed E-state index contributed by atoms with van der Waals surface area (Å²) >= 11 is 0. The molecule has 3 aromatic rings. The number of nitrogens with zero attached hydrogens (tertiary/aromatic N) is 3. The number of benzene rings is 3. The maximum atomic E-state index is 14.4. The van der Waals surface area contributed by atoms with Crippen LogP contribution < -0.4 is 9.47 Å². The molecule has 0 aromatic heterocycles. The first-order valence-corrected chi connectivity index (χ1v) is 13.5. The summed E-state index contributed by atoms with van der Waals surface area (Å²) in [5.41, 5.74) is 1.96. The summed E-state index contributed by atoms with van der Waals surface area (Å²) in [5.74, 6) is -3.19. The molecule has 0 N–H and O–H groups in total. The van der Waals surface area contributed by atoms with Crippen LogP contribution in [-0.2, 0) is 30.7 Å². The first-order valence-electron chi connectivity index (χ1n) is 13.5. The van der Waals surface area contributed by atoms with Gasteiger partial charge in [-0.15, -0.1) is 0 Å². The molecule has 0 saturated carbocycles. The molecule has 218 valence electrons. The van der Waals surface area contributed by atoms with Crippen LogP contribution >= 0.6 is 0 Å². The number of rotatable bonds is 8. The van der Waals surface area contributed by atoms with Gasteiger partial charge < -0.3 is 14.4 Å². The molecule has 1 saturated heterocycles. The van der Waals surface area contributed by atoms with Crippen molar-refractivity contribution >= 4 is 5.91 Å². The van der Waals surface area contributed by atoms with Crippen LogP contribution in [-0.4, -0.2) is 73.6 Å². The van der Waals surface area contributed by atoms with E-state index in [-0.39, 0.29) is 29.5 Å². The van der Waals surface area contributed by atoms with Gasteiger partial charge in [0.05, 0.1) is 14.2 Å². The zero-order valence-corrected chi connectivity index (χ0v) is 23.4. The molecular formula is C31H33F4N3O3. The second-order valence-corrected chi connectivity index (χ2v) is 10.7. The van der Waals surface area contributed by atoms with E-state index in [1.165, 1.54) is 31.3 Å². The Hall–Kier alpha value is -3.63. The highest BCUT2D eigenvalue weighted by molar-refractivity contribution is 5.88. The molecule has 41 heavy (non-hydrogen) atoms. The summed E-state index contributed by atoms with van der Waals surface area (Å²) in [5, 5.41) is 0. The van der Waals surface area contributed by atoms with Gasteiger partial charge in [0.1, 0.15) is 17.2 Å². The number of fused-ring (bicyclic) bond motifs is 1. The largest absolute Gasteiger partial charge is 0.493 e. The van der Waals surface area contributed by atoms with E-state index in [0.29, 0.717) is 51.1 Å². The van der Waals surface area contributed by atoms with Crippen molar-refractivity contribution in [2.24, 2.45) is 0 Å². The summed E-state index contributed by atoms with van der Waals surface area (Å²) in [6.45, 7) is 2.51. The predicted octanol–water partition coefficient (Wildman–Crippen LogP) is 4.57. The molecule has 1 aliphatic heterocycles. The molecule has 1 amide bonds. The molecule has 0 spiro atoms. The number of ether oxygens (including phenoxy) is 2. The van der Waals surface area contributed by atoms with Crippen LogP contribution in [0.25, 0.3) is 0 Å². The number of piperazine rings is 1. The number of hydrogen-bond acceptors (Lipinski definition) is 5. The second kappa shape index (κ2) is 11.7. The molecule has 1 fully saturated rings. The molecule has 1 aliphatic carbocycles. The second-order valence-electron chi connectivity index (χ2n) is 10.7. The zero-order chi connectivity index (χ0) is 29.3. The minimum atomic E-state index is -0.883. The highest BCUT2D eigenvalue weighted by Gasteiger charge is 2.50. The van der Waals surface area contributed by atoms with E-state index in [9.17, 15) is 22.4 Å². The quantitative estimate of drug-likeness (QED) is 0.371. The molecule has 3 aromatic carbocycles. The van der Waals surface area contributed by atoms with Crippen LogP contribution in [0.2, 0.25) is 0 Å². The van der Waals surface area contributed by atoms with Crippen LogP contribution in [0, 0.1) is 23.3 Å². The Balaban J connectivity index is 1.37. The highest BCUT2D eigenvalue weighted by Crippen LogP contribution is 2.38. The Morgan fingerprint density at radius 2 is 1.34 bits per heavy atom. The fourth-order valence-electron chi connectivity index (χ4n) is 6.28. The lowest BCUT2D eigenvalue weighted by Crippen LogP contribution is -2.64. The Morgan fingerprint density at radius 1 is 0.829 bits per heavy atom. The van der Waals surface area contributed by atoms with Gasteiger partial charge in [0, 0.05) is 82.4 Å². The summed E-state index contributed by atoms with van der Waals surface area (Å²) < 4.78 is 67.0. The smallest absolute Gasteiger partial charge is 0.243 e. The number of amides is 1. The molecule has 2 aliphatic rings. The van der Waals surface area contributed by atoms with Gasteiger partial charge in [-0.2, -0.15) is 0 Å². The fraction of sp³-hybridized carbons (Fsp3) is 0.387. The van der Waals surface area contributed by atoms with Crippen LogP contribution in [0.3, 0.4) is 0 Å². The number of hydrogen-bond donors (Lipinski definition) is 0. The fourth-order valence-corrected chi connectivity index (χ4v) is 6.28. The van der Waals surface area contributed by atoms with Gasteiger partial charge in [-0.25, -0.2) is 17.6 Å². The minimum absolute atomic E-state index is 0.0255. The molecular weight excluding hydrogens is 538 g/mol. The molecule has 0 bridgehead atoms. The summed E-state index contributed by atoms with van der Waals surface area (Å²) in [4.78, 5) is 20.0. The number of halogens is 4. The van der Waals surface area contributed by atoms with E-state index < -0.39 is 28.8 Å². The van der Waals surface area contributed by atoms with Gasteiger partial charge in [-0.3, -0.25) is 14.6 Å². The van der Waals surface area contributed by atoms with Crippen molar-refractivity contribution < 1.29 is 31.8 Å². The predicted molar refractivity (Wildman–Crippen MR) is 146 cm³/mol. The van der Waals surface area contributed by atoms with Gasteiger partial charge in [-0.05, 0) is 23.3 Å². The lowest BCUT2D eigenvalue weighted by Gasteiger charge is -2.46. The van der Waals surface area contributed by atoms with Crippen molar-refractivity contribution in [2.75, 3.05) is 47.4 Å². The Labute approximate surface area is 237 Å². The van der Waals surface area contributed by atoms with Crippen molar-refractivity contribution in [3.05, 3.63) is 94.1 Å². The third-order valence-electron chi connectivity index (χ3n) is 8.19. The average Bonchev–Trinajstić information content (AvgIpc) is 3.33. The van der Waals surface area contributed by atoms with E-state index in [4.69, 9.17) is 9.47 Å². The third kappa shape index (κ3) is 5.63. The normalized spacial score (nSPS) is 16.9. The summed E-state index contributed by atoms with van der Waals surface area (Å²) in [6, 6.07) is 12.0. The number of carbonyl (C=O) groups is 1. The van der Waals surface area contributed by atoms with E-state index in [0.717, 1.165) is 23.3 Å². The lowest BCUT2D eigenvalue weighted by atomic mass is 9.90. The molecule has 0 radical (unpaired) electrons. The van der Waals surface area contributed by atoms with E-state index >= 15 is 0 Å². The van der Waals surface area contributed by atoms with Gasteiger partial charge in [0.2, 0.25) is 5.91 Å². The van der Waals surface area contributed by atoms with Gasteiger partial charge in [-0.1, -0.05) is 24.3 Å². The Bertz CT molecular complexity index is 1420. The van der Waals surface area contributed by atoms with Crippen LogP contribution in [0.1, 0.15) is 22.3 Å². The van der Waals surface area contributed by atoms with Crippen molar-refractivity contribution in [3.63, 3.8) is 0 Å². The van der Waals surface area contributed by atoms with Crippen molar-refractivity contribution in [1.29, 1.82) is 0 Å². The first-order chi connectivity index (χ1) is 19.6. The van der Waals surface area contributed by atoms with Gasteiger partial charge in [0.25, 0.3) is 0 Å².